The van der Waals surface area contributed by atoms with E-state index >= 15 is 0 Å². The molecule has 2 aromatic rings. The van der Waals surface area contributed by atoms with Gasteiger partial charge in [0, 0.05) is 5.75 Å². The second kappa shape index (κ2) is 6.97. The zero-order valence-corrected chi connectivity index (χ0v) is 16.3. The molecule has 4 nitrogen and oxygen atoms in total. The van der Waals surface area contributed by atoms with Crippen molar-refractivity contribution in [3.05, 3.63) is 59.7 Å². The van der Waals surface area contributed by atoms with Crippen LogP contribution in [0.3, 0.4) is 0 Å². The van der Waals surface area contributed by atoms with E-state index in [0.717, 1.165) is 12.1 Å². The molecule has 0 N–H and O–H groups in total. The van der Waals surface area contributed by atoms with E-state index in [-0.39, 0.29) is 11.3 Å². The van der Waals surface area contributed by atoms with Crippen molar-refractivity contribution in [1.82, 2.24) is 4.90 Å². The van der Waals surface area contributed by atoms with Crippen LogP contribution in [0.15, 0.2) is 48.5 Å². The summed E-state index contributed by atoms with van der Waals surface area (Å²) >= 11 is 7.07. The van der Waals surface area contributed by atoms with Crippen LogP contribution in [0.25, 0.3) is 0 Å². The number of carbonyl (C=O) groups is 1. The molecule has 4 rings (SSSR count). The molecule has 0 saturated carbocycles. The largest absolute Gasteiger partial charge is 0.497 e. The molecule has 0 spiro atoms. The Balaban J connectivity index is 1.61. The molecule has 0 aliphatic carbocycles. The summed E-state index contributed by atoms with van der Waals surface area (Å²) in [4.78, 5) is 16.2. The maximum absolute atomic E-state index is 12.9. The fourth-order valence-electron chi connectivity index (χ4n) is 3.35. The van der Waals surface area contributed by atoms with Gasteiger partial charge in [0.2, 0.25) is 0 Å². The van der Waals surface area contributed by atoms with Gasteiger partial charge in [0.05, 0.1) is 18.4 Å². The number of ether oxygens (including phenoxy) is 1. The normalized spacial score (nSPS) is 22.0. The van der Waals surface area contributed by atoms with Crippen LogP contribution in [0.4, 0.5) is 18.9 Å². The number of benzene rings is 2. The summed E-state index contributed by atoms with van der Waals surface area (Å²) in [5, 5.41) is 0.0575. The first-order valence-corrected chi connectivity index (χ1v) is 9.86. The summed E-state index contributed by atoms with van der Waals surface area (Å²) in [6, 6.07) is 11.6. The molecule has 2 fully saturated rings. The number of thiocarbonyl (C=S) groups is 1. The van der Waals surface area contributed by atoms with Crippen molar-refractivity contribution in [2.45, 2.75) is 17.6 Å². The number of nitrogens with zero attached hydrogens (tertiary/aromatic N) is 2. The maximum atomic E-state index is 12.9. The van der Waals surface area contributed by atoms with Crippen molar-refractivity contribution in [2.75, 3.05) is 17.8 Å². The number of rotatable bonds is 3. The summed E-state index contributed by atoms with van der Waals surface area (Å²) in [5.74, 6) is 1.06. The number of hydrogen-bond acceptors (Lipinski definition) is 4. The van der Waals surface area contributed by atoms with E-state index in [2.05, 4.69) is 0 Å². The van der Waals surface area contributed by atoms with Crippen LogP contribution in [0.2, 0.25) is 0 Å². The van der Waals surface area contributed by atoms with Crippen molar-refractivity contribution < 1.29 is 22.7 Å². The van der Waals surface area contributed by atoms with Gasteiger partial charge in [-0.3, -0.25) is 9.69 Å². The molecule has 1 amide bonds. The van der Waals surface area contributed by atoms with E-state index in [1.165, 1.54) is 28.8 Å². The number of carbonyl (C=O) groups excluding carboxylic acids is 1. The first-order valence-electron chi connectivity index (χ1n) is 8.40. The van der Waals surface area contributed by atoms with E-state index in [1.807, 2.05) is 4.90 Å². The molecule has 2 atom stereocenters. The van der Waals surface area contributed by atoms with Gasteiger partial charge in [-0.05, 0) is 54.2 Å². The van der Waals surface area contributed by atoms with E-state index in [4.69, 9.17) is 17.0 Å². The Morgan fingerprint density at radius 1 is 1.11 bits per heavy atom. The molecule has 2 saturated heterocycles. The van der Waals surface area contributed by atoms with Gasteiger partial charge < -0.3 is 9.64 Å². The molecule has 0 aromatic heterocycles. The zero-order valence-electron chi connectivity index (χ0n) is 14.6. The predicted molar refractivity (Wildman–Crippen MR) is 105 cm³/mol. The minimum absolute atomic E-state index is 0.128. The molecule has 0 bridgehead atoms. The highest BCUT2D eigenvalue weighted by Gasteiger charge is 2.50. The number of fused-ring (bicyclic) bond motifs is 1. The molecule has 28 heavy (non-hydrogen) atoms. The molecule has 2 aromatic carbocycles. The van der Waals surface area contributed by atoms with Crippen LogP contribution in [-0.2, 0) is 11.0 Å². The third-order valence-electron chi connectivity index (χ3n) is 4.77. The first kappa shape index (κ1) is 19.1. The van der Waals surface area contributed by atoms with Gasteiger partial charge in [-0.1, -0.05) is 12.1 Å². The Labute approximate surface area is 169 Å². The second-order valence-corrected chi connectivity index (χ2v) is 7.86. The van der Waals surface area contributed by atoms with Gasteiger partial charge in [0.1, 0.15) is 17.2 Å². The zero-order chi connectivity index (χ0) is 20.1. The van der Waals surface area contributed by atoms with Crippen LogP contribution >= 0.6 is 24.0 Å². The molecule has 2 aliphatic heterocycles. The Bertz CT molecular complexity index is 916. The number of hydrogen-bond donors (Lipinski definition) is 0. The lowest BCUT2D eigenvalue weighted by molar-refractivity contribution is -0.137. The minimum atomic E-state index is -4.38. The lowest BCUT2D eigenvalue weighted by Crippen LogP contribution is -2.33. The highest BCUT2D eigenvalue weighted by molar-refractivity contribution is 7.99. The van der Waals surface area contributed by atoms with Crippen LogP contribution in [0, 0.1) is 0 Å². The maximum Gasteiger partial charge on any atom is 0.416 e. The van der Waals surface area contributed by atoms with Crippen molar-refractivity contribution in [2.24, 2.45) is 0 Å². The van der Waals surface area contributed by atoms with Gasteiger partial charge in [-0.2, -0.15) is 13.2 Å². The van der Waals surface area contributed by atoms with Crippen LogP contribution in [0.5, 0.6) is 5.75 Å². The van der Waals surface area contributed by atoms with Crippen LogP contribution in [-0.4, -0.2) is 34.8 Å². The highest BCUT2D eigenvalue weighted by Crippen LogP contribution is 2.46. The number of alkyl halides is 3. The minimum Gasteiger partial charge on any atom is -0.497 e. The fraction of sp³-hybridized carbons (Fsp3) is 0.263. The van der Waals surface area contributed by atoms with Gasteiger partial charge in [0.25, 0.3) is 5.91 Å². The van der Waals surface area contributed by atoms with E-state index in [9.17, 15) is 18.0 Å². The van der Waals surface area contributed by atoms with E-state index in [1.54, 1.807) is 31.4 Å². The van der Waals surface area contributed by atoms with Crippen LogP contribution < -0.4 is 9.64 Å². The monoisotopic (exact) mass is 424 g/mol. The third kappa shape index (κ3) is 3.12. The Morgan fingerprint density at radius 3 is 2.32 bits per heavy atom. The molecule has 146 valence electrons. The standard InChI is InChI=1S/C19H15F3N2O2S2/c1-26-14-8-6-13(7-9-14)23-16(25)15-10-28-17(24(15)18(23)27)11-2-4-12(5-3-11)19(20,21)22/h2-9,15,17H,10H2,1H3. The molecular formula is C19H15F3N2O2S2. The summed E-state index contributed by atoms with van der Waals surface area (Å²) in [6.07, 6.45) is -4.38. The summed E-state index contributed by atoms with van der Waals surface area (Å²) < 4.78 is 43.6. The topological polar surface area (TPSA) is 32.8 Å². The summed E-state index contributed by atoms with van der Waals surface area (Å²) in [6.45, 7) is 0. The van der Waals surface area contributed by atoms with Crippen molar-refractivity contribution in [3.8, 4) is 5.75 Å². The molecule has 2 aliphatic rings. The average Bonchev–Trinajstić information content (AvgIpc) is 3.22. The van der Waals surface area contributed by atoms with E-state index in [0.29, 0.717) is 27.9 Å². The van der Waals surface area contributed by atoms with Crippen molar-refractivity contribution >= 4 is 40.7 Å². The SMILES string of the molecule is COc1ccc(N2C(=O)C3CSC(c4ccc(C(F)(F)F)cc4)N3C2=S)cc1. The fourth-order valence-corrected chi connectivity index (χ4v) is 5.27. The molecule has 9 heteroatoms. The van der Waals surface area contributed by atoms with Gasteiger partial charge in [-0.15, -0.1) is 11.8 Å². The Hall–Kier alpha value is -2.26. The Morgan fingerprint density at radius 2 is 1.75 bits per heavy atom. The average molecular weight is 424 g/mol. The second-order valence-electron chi connectivity index (χ2n) is 6.38. The van der Waals surface area contributed by atoms with Crippen molar-refractivity contribution in [1.29, 1.82) is 0 Å². The molecule has 2 heterocycles. The molecular weight excluding hydrogens is 409 g/mol. The van der Waals surface area contributed by atoms with Gasteiger partial charge in [0.15, 0.2) is 5.11 Å². The predicted octanol–water partition coefficient (Wildman–Crippen LogP) is 4.46. The third-order valence-corrected chi connectivity index (χ3v) is 6.49. The number of anilines is 1. The van der Waals surface area contributed by atoms with Gasteiger partial charge in [-0.25, -0.2) is 0 Å². The summed E-state index contributed by atoms with van der Waals surface area (Å²) in [5.41, 5.74) is 0.629. The number of amides is 1. The Kier molecular flexibility index (Phi) is 4.75. The first-order chi connectivity index (χ1) is 13.3. The van der Waals surface area contributed by atoms with Crippen LogP contribution in [0.1, 0.15) is 16.5 Å². The van der Waals surface area contributed by atoms with Crippen molar-refractivity contribution in [3.63, 3.8) is 0 Å². The molecule has 0 radical (unpaired) electrons. The van der Waals surface area contributed by atoms with E-state index < -0.39 is 17.8 Å². The van der Waals surface area contributed by atoms with Gasteiger partial charge >= 0.3 is 6.18 Å². The highest BCUT2D eigenvalue weighted by atomic mass is 32.2. The number of thioether (sulfide) groups is 1. The lowest BCUT2D eigenvalue weighted by Gasteiger charge is -2.26. The quantitative estimate of drug-likeness (QED) is 0.680. The number of methoxy groups -OCH3 is 1. The summed E-state index contributed by atoms with van der Waals surface area (Å²) in [7, 11) is 1.56. The number of halogens is 3. The molecule has 2 unspecified atom stereocenters. The smallest absolute Gasteiger partial charge is 0.416 e. The lowest BCUT2D eigenvalue weighted by atomic mass is 10.1.